The highest BCUT2D eigenvalue weighted by Crippen LogP contribution is 2.25. The van der Waals surface area contributed by atoms with Crippen molar-refractivity contribution in [3.8, 4) is 5.88 Å². The summed E-state index contributed by atoms with van der Waals surface area (Å²) in [5.74, 6) is 2.37. The minimum Gasteiger partial charge on any atom is -0.481 e. The summed E-state index contributed by atoms with van der Waals surface area (Å²) in [6, 6.07) is 0. The van der Waals surface area contributed by atoms with Gasteiger partial charge in [0, 0.05) is 13.1 Å². The molecule has 5 heteroatoms. The van der Waals surface area contributed by atoms with Crippen LogP contribution < -0.4 is 15.0 Å². The number of rotatable bonds is 5. The van der Waals surface area contributed by atoms with Crippen molar-refractivity contribution in [1.29, 1.82) is 0 Å². The molecule has 0 radical (unpaired) electrons. The molecule has 2 heterocycles. The van der Waals surface area contributed by atoms with E-state index in [2.05, 4.69) is 27.1 Å². The summed E-state index contributed by atoms with van der Waals surface area (Å²) >= 11 is 0. The molecule has 2 rings (SSSR count). The number of hydrogen-bond acceptors (Lipinski definition) is 5. The Morgan fingerprint density at radius 2 is 2.32 bits per heavy atom. The van der Waals surface area contributed by atoms with E-state index in [1.807, 2.05) is 6.92 Å². The first-order chi connectivity index (χ1) is 9.26. The zero-order valence-corrected chi connectivity index (χ0v) is 12.1. The molecule has 1 aliphatic rings. The molecule has 1 saturated heterocycles. The lowest BCUT2D eigenvalue weighted by Crippen LogP contribution is -2.39. The molecule has 19 heavy (non-hydrogen) atoms. The first-order valence-electron chi connectivity index (χ1n) is 7.07. The fourth-order valence-electron chi connectivity index (χ4n) is 2.71. The van der Waals surface area contributed by atoms with Gasteiger partial charge in [0.15, 0.2) is 0 Å². The van der Waals surface area contributed by atoms with Crippen LogP contribution in [0.1, 0.15) is 25.3 Å². The average molecular weight is 264 g/mol. The Balaban J connectivity index is 2.12. The van der Waals surface area contributed by atoms with Crippen molar-refractivity contribution in [2.24, 2.45) is 5.92 Å². The quantitative estimate of drug-likeness (QED) is 0.876. The monoisotopic (exact) mass is 264 g/mol. The molecule has 1 aromatic heterocycles. The summed E-state index contributed by atoms with van der Waals surface area (Å²) in [5.41, 5.74) is 1.02. The maximum Gasteiger partial charge on any atom is 0.221 e. The van der Waals surface area contributed by atoms with E-state index in [0.717, 1.165) is 37.6 Å². The van der Waals surface area contributed by atoms with E-state index in [4.69, 9.17) is 4.74 Å². The molecule has 0 amide bonds. The van der Waals surface area contributed by atoms with E-state index in [-0.39, 0.29) is 0 Å². The second-order valence-electron chi connectivity index (χ2n) is 5.08. The van der Waals surface area contributed by atoms with Crippen LogP contribution in [0.4, 0.5) is 5.82 Å². The lowest BCUT2D eigenvalue weighted by Gasteiger charge is -2.31. The van der Waals surface area contributed by atoms with Crippen molar-refractivity contribution >= 4 is 5.82 Å². The number of nitrogens with zero attached hydrogens (tertiary/aromatic N) is 3. The number of hydrogen-bond donors (Lipinski definition) is 1. The molecule has 5 nitrogen and oxygen atoms in total. The molecule has 1 aromatic rings. The van der Waals surface area contributed by atoms with Crippen LogP contribution in [-0.2, 0) is 0 Å². The number of piperidine rings is 1. The van der Waals surface area contributed by atoms with Crippen LogP contribution in [0, 0.1) is 12.8 Å². The smallest absolute Gasteiger partial charge is 0.221 e. The van der Waals surface area contributed by atoms with Gasteiger partial charge in [-0.15, -0.1) is 0 Å². The summed E-state index contributed by atoms with van der Waals surface area (Å²) in [6.45, 7) is 8.46. The van der Waals surface area contributed by atoms with Crippen LogP contribution in [-0.4, -0.2) is 43.3 Å². The van der Waals surface area contributed by atoms with Crippen molar-refractivity contribution in [2.75, 3.05) is 38.2 Å². The van der Waals surface area contributed by atoms with E-state index in [0.29, 0.717) is 11.8 Å². The van der Waals surface area contributed by atoms with Gasteiger partial charge in [-0.1, -0.05) is 0 Å². The molecule has 1 N–H and O–H groups in total. The van der Waals surface area contributed by atoms with Crippen LogP contribution in [0.5, 0.6) is 5.88 Å². The predicted octanol–water partition coefficient (Wildman–Crippen LogP) is 1.62. The molecule has 106 valence electrons. The summed E-state index contributed by atoms with van der Waals surface area (Å²) in [5, 5.41) is 3.47. The lowest BCUT2D eigenvalue weighted by molar-refractivity contribution is 0.375. The highest BCUT2D eigenvalue weighted by Gasteiger charge is 2.19. The van der Waals surface area contributed by atoms with Crippen LogP contribution in [0.2, 0.25) is 0 Å². The molecular formula is C14H24N4O. The van der Waals surface area contributed by atoms with Crippen molar-refractivity contribution in [3.63, 3.8) is 0 Å². The van der Waals surface area contributed by atoms with Crippen LogP contribution in [0.15, 0.2) is 6.33 Å². The number of anilines is 1. The van der Waals surface area contributed by atoms with Gasteiger partial charge in [-0.2, -0.15) is 0 Å². The topological polar surface area (TPSA) is 50.3 Å². The van der Waals surface area contributed by atoms with Gasteiger partial charge in [0.1, 0.15) is 12.1 Å². The van der Waals surface area contributed by atoms with E-state index in [1.165, 1.54) is 12.8 Å². The highest BCUT2D eigenvalue weighted by atomic mass is 16.5. The molecule has 0 aromatic carbocycles. The SMILES string of the molecule is CCN(CC1CCCNC1)c1ncnc(OC)c1C. The Bertz CT molecular complexity index is 404. The maximum absolute atomic E-state index is 5.28. The second kappa shape index (κ2) is 6.70. The third kappa shape index (κ3) is 3.35. The number of nitrogens with one attached hydrogen (secondary N) is 1. The van der Waals surface area contributed by atoms with Crippen LogP contribution in [0.25, 0.3) is 0 Å². The summed E-state index contributed by atoms with van der Waals surface area (Å²) < 4.78 is 5.28. The van der Waals surface area contributed by atoms with Gasteiger partial charge in [0.2, 0.25) is 5.88 Å². The molecule has 0 aliphatic carbocycles. The zero-order valence-electron chi connectivity index (χ0n) is 12.1. The second-order valence-corrected chi connectivity index (χ2v) is 5.08. The first kappa shape index (κ1) is 14.1. The molecule has 1 aliphatic heterocycles. The number of ether oxygens (including phenoxy) is 1. The predicted molar refractivity (Wildman–Crippen MR) is 76.8 cm³/mol. The fourth-order valence-corrected chi connectivity index (χ4v) is 2.71. The Labute approximate surface area is 115 Å². The lowest BCUT2D eigenvalue weighted by atomic mass is 9.99. The Kier molecular flexibility index (Phi) is 4.96. The molecule has 0 spiro atoms. The van der Waals surface area contributed by atoms with E-state index < -0.39 is 0 Å². The third-order valence-corrected chi connectivity index (χ3v) is 3.76. The van der Waals surface area contributed by atoms with Crippen molar-refractivity contribution < 1.29 is 4.74 Å². The first-order valence-corrected chi connectivity index (χ1v) is 7.07. The normalized spacial score (nSPS) is 19.2. The van der Waals surface area contributed by atoms with Crippen molar-refractivity contribution in [2.45, 2.75) is 26.7 Å². The summed E-state index contributed by atoms with van der Waals surface area (Å²) in [4.78, 5) is 10.9. The zero-order chi connectivity index (χ0) is 13.7. The molecule has 0 saturated carbocycles. The van der Waals surface area contributed by atoms with Gasteiger partial charge in [0.05, 0.1) is 12.7 Å². The van der Waals surface area contributed by atoms with Gasteiger partial charge in [0.25, 0.3) is 0 Å². The largest absolute Gasteiger partial charge is 0.481 e. The minimum atomic E-state index is 0.671. The number of aromatic nitrogens is 2. The van der Waals surface area contributed by atoms with Gasteiger partial charge in [-0.3, -0.25) is 0 Å². The van der Waals surface area contributed by atoms with Gasteiger partial charge in [-0.25, -0.2) is 9.97 Å². The van der Waals surface area contributed by atoms with Crippen molar-refractivity contribution in [1.82, 2.24) is 15.3 Å². The third-order valence-electron chi connectivity index (χ3n) is 3.76. The fraction of sp³-hybridized carbons (Fsp3) is 0.714. The molecule has 1 atom stereocenters. The Morgan fingerprint density at radius 1 is 1.47 bits per heavy atom. The molecule has 0 bridgehead atoms. The highest BCUT2D eigenvalue weighted by molar-refractivity contribution is 5.50. The van der Waals surface area contributed by atoms with E-state index >= 15 is 0 Å². The molecule has 1 unspecified atom stereocenters. The van der Waals surface area contributed by atoms with Gasteiger partial charge >= 0.3 is 0 Å². The molecule has 1 fully saturated rings. The number of methoxy groups -OCH3 is 1. The van der Waals surface area contributed by atoms with Gasteiger partial charge in [-0.05, 0) is 45.7 Å². The van der Waals surface area contributed by atoms with E-state index in [9.17, 15) is 0 Å². The van der Waals surface area contributed by atoms with Gasteiger partial charge < -0.3 is 15.0 Å². The Morgan fingerprint density at radius 3 is 2.95 bits per heavy atom. The van der Waals surface area contributed by atoms with E-state index in [1.54, 1.807) is 13.4 Å². The maximum atomic E-state index is 5.28. The molecular weight excluding hydrogens is 240 g/mol. The van der Waals surface area contributed by atoms with Crippen LogP contribution in [0.3, 0.4) is 0 Å². The average Bonchev–Trinajstić information content (AvgIpc) is 2.46. The van der Waals surface area contributed by atoms with Crippen LogP contribution >= 0.6 is 0 Å². The standard InChI is InChI=1S/C14H24N4O/c1-4-18(9-12-6-5-7-15-8-12)13-11(2)14(19-3)17-10-16-13/h10,12,15H,4-9H2,1-3H3. The summed E-state index contributed by atoms with van der Waals surface area (Å²) in [7, 11) is 1.65. The Hall–Kier alpha value is -1.36. The summed E-state index contributed by atoms with van der Waals surface area (Å²) in [6.07, 6.45) is 4.15. The van der Waals surface area contributed by atoms with Crippen molar-refractivity contribution in [3.05, 3.63) is 11.9 Å². The minimum absolute atomic E-state index is 0.671.